The second kappa shape index (κ2) is 12.2. The lowest BCUT2D eigenvalue weighted by molar-refractivity contribution is 0.254. The van der Waals surface area contributed by atoms with Gasteiger partial charge >= 0.3 is 0 Å². The summed E-state index contributed by atoms with van der Waals surface area (Å²) >= 11 is 0. The van der Waals surface area contributed by atoms with Crippen molar-refractivity contribution in [3.63, 3.8) is 0 Å². The summed E-state index contributed by atoms with van der Waals surface area (Å²) in [5.74, 6) is 2.16. The number of benzene rings is 1. The van der Waals surface area contributed by atoms with Crippen molar-refractivity contribution in [2.24, 2.45) is 4.99 Å². The lowest BCUT2D eigenvalue weighted by Gasteiger charge is -2.34. The van der Waals surface area contributed by atoms with E-state index >= 15 is 0 Å². The monoisotopic (exact) mass is 423 g/mol. The fourth-order valence-electron chi connectivity index (χ4n) is 3.79. The third-order valence-corrected chi connectivity index (χ3v) is 5.63. The normalized spacial score (nSPS) is 16.2. The molecule has 0 amide bonds. The van der Waals surface area contributed by atoms with E-state index in [2.05, 4.69) is 75.4 Å². The van der Waals surface area contributed by atoms with E-state index in [9.17, 15) is 0 Å². The molecule has 7 nitrogen and oxygen atoms in total. The molecule has 2 aromatic rings. The average molecular weight is 424 g/mol. The molecule has 0 saturated carbocycles. The quantitative estimate of drug-likeness (QED) is 0.367. The molecule has 3 rings (SSSR count). The van der Waals surface area contributed by atoms with Gasteiger partial charge in [-0.25, -0.2) is 9.97 Å². The van der Waals surface area contributed by atoms with E-state index in [1.807, 2.05) is 18.5 Å². The molecule has 2 N–H and O–H groups in total. The van der Waals surface area contributed by atoms with Gasteiger partial charge in [0, 0.05) is 64.1 Å². The van der Waals surface area contributed by atoms with Crippen LogP contribution in [0.2, 0.25) is 0 Å². The predicted octanol–water partition coefficient (Wildman–Crippen LogP) is 2.66. The minimum Gasteiger partial charge on any atom is -0.357 e. The highest BCUT2D eigenvalue weighted by atomic mass is 15.3. The van der Waals surface area contributed by atoms with Crippen LogP contribution in [-0.4, -0.2) is 73.2 Å². The molecule has 1 aromatic carbocycles. The smallest absolute Gasteiger partial charge is 0.225 e. The Morgan fingerprint density at radius 3 is 2.58 bits per heavy atom. The SMILES string of the molecule is CCNC(=NCC(C)c1cccc(C)c1)NCCCN1CCN(c2ncccn2)CC1. The fraction of sp³-hybridized carbons (Fsp3) is 0.542. The molecule has 1 atom stereocenters. The van der Waals surface area contributed by atoms with Gasteiger partial charge in [-0.15, -0.1) is 0 Å². The van der Waals surface area contributed by atoms with Crippen molar-refractivity contribution < 1.29 is 0 Å². The van der Waals surface area contributed by atoms with Crippen LogP contribution in [0.5, 0.6) is 0 Å². The lowest BCUT2D eigenvalue weighted by atomic mass is 10.00. The first-order valence-electron chi connectivity index (χ1n) is 11.5. The van der Waals surface area contributed by atoms with Gasteiger partial charge in [0.2, 0.25) is 5.95 Å². The Morgan fingerprint density at radius 1 is 1.10 bits per heavy atom. The van der Waals surface area contributed by atoms with Crippen LogP contribution in [0.25, 0.3) is 0 Å². The number of aromatic nitrogens is 2. The molecule has 0 bridgehead atoms. The van der Waals surface area contributed by atoms with Crippen LogP contribution in [0.3, 0.4) is 0 Å². The highest BCUT2D eigenvalue weighted by Crippen LogP contribution is 2.16. The Bertz CT molecular complexity index is 801. The summed E-state index contributed by atoms with van der Waals surface area (Å²) in [5, 5.41) is 6.86. The Labute approximate surface area is 187 Å². The zero-order valence-electron chi connectivity index (χ0n) is 19.2. The first-order valence-corrected chi connectivity index (χ1v) is 11.5. The van der Waals surface area contributed by atoms with Crippen LogP contribution >= 0.6 is 0 Å². The van der Waals surface area contributed by atoms with Crippen LogP contribution in [0.15, 0.2) is 47.7 Å². The van der Waals surface area contributed by atoms with Crippen molar-refractivity contribution in [1.29, 1.82) is 0 Å². The number of guanidine groups is 1. The van der Waals surface area contributed by atoms with Gasteiger partial charge in [0.05, 0.1) is 0 Å². The topological polar surface area (TPSA) is 68.7 Å². The van der Waals surface area contributed by atoms with Crippen molar-refractivity contribution in [3.8, 4) is 0 Å². The third-order valence-electron chi connectivity index (χ3n) is 5.63. The maximum Gasteiger partial charge on any atom is 0.225 e. The highest BCUT2D eigenvalue weighted by Gasteiger charge is 2.18. The highest BCUT2D eigenvalue weighted by molar-refractivity contribution is 5.79. The van der Waals surface area contributed by atoms with E-state index in [-0.39, 0.29) is 0 Å². The molecule has 2 heterocycles. The van der Waals surface area contributed by atoms with Crippen molar-refractivity contribution in [2.45, 2.75) is 33.1 Å². The van der Waals surface area contributed by atoms with Gasteiger partial charge in [-0.05, 0) is 38.4 Å². The Balaban J connectivity index is 1.37. The summed E-state index contributed by atoms with van der Waals surface area (Å²) in [7, 11) is 0. The van der Waals surface area contributed by atoms with Crippen molar-refractivity contribution in [1.82, 2.24) is 25.5 Å². The molecule has 1 unspecified atom stereocenters. The summed E-state index contributed by atoms with van der Waals surface area (Å²) in [4.78, 5) is 18.3. The van der Waals surface area contributed by atoms with Crippen LogP contribution in [0.4, 0.5) is 5.95 Å². The van der Waals surface area contributed by atoms with Gasteiger partial charge in [-0.2, -0.15) is 0 Å². The molecule has 0 radical (unpaired) electrons. The van der Waals surface area contributed by atoms with Crippen molar-refractivity contribution in [2.75, 3.05) is 57.3 Å². The summed E-state index contributed by atoms with van der Waals surface area (Å²) in [6, 6.07) is 10.6. The maximum absolute atomic E-state index is 4.81. The number of nitrogens with one attached hydrogen (secondary N) is 2. The molecule has 1 aromatic heterocycles. The van der Waals surface area contributed by atoms with Gasteiger partial charge in [-0.3, -0.25) is 9.89 Å². The molecule has 7 heteroatoms. The summed E-state index contributed by atoms with van der Waals surface area (Å²) in [6.45, 7) is 14.2. The standard InChI is InChI=1S/C24H37N7/c1-4-25-23(29-19-21(3)22-9-5-8-20(2)18-22)26-12-7-13-30-14-16-31(17-15-30)24-27-10-6-11-28-24/h5-6,8-11,18,21H,4,7,12-17,19H2,1-3H3,(H2,25,26,29). The first kappa shape index (κ1) is 23.0. The minimum absolute atomic E-state index is 0.403. The van der Waals surface area contributed by atoms with E-state index in [0.29, 0.717) is 5.92 Å². The molecular weight excluding hydrogens is 386 g/mol. The van der Waals surface area contributed by atoms with Gasteiger partial charge < -0.3 is 15.5 Å². The molecule has 1 saturated heterocycles. The number of anilines is 1. The number of rotatable bonds is 9. The van der Waals surface area contributed by atoms with E-state index < -0.39 is 0 Å². The van der Waals surface area contributed by atoms with Crippen LogP contribution in [0, 0.1) is 6.92 Å². The van der Waals surface area contributed by atoms with Crippen molar-refractivity contribution in [3.05, 3.63) is 53.9 Å². The lowest BCUT2D eigenvalue weighted by Crippen LogP contribution is -2.47. The van der Waals surface area contributed by atoms with Gasteiger partial charge in [0.25, 0.3) is 0 Å². The number of aliphatic imine (C=N–C) groups is 1. The molecule has 31 heavy (non-hydrogen) atoms. The molecule has 1 fully saturated rings. The van der Waals surface area contributed by atoms with E-state index in [1.54, 1.807) is 0 Å². The predicted molar refractivity (Wildman–Crippen MR) is 129 cm³/mol. The van der Waals surface area contributed by atoms with Gasteiger partial charge in [0.1, 0.15) is 0 Å². The zero-order chi connectivity index (χ0) is 21.9. The van der Waals surface area contributed by atoms with Crippen LogP contribution in [0.1, 0.15) is 37.3 Å². The summed E-state index contributed by atoms with van der Waals surface area (Å²) < 4.78 is 0. The van der Waals surface area contributed by atoms with Crippen molar-refractivity contribution >= 4 is 11.9 Å². The number of aryl methyl sites for hydroxylation is 1. The number of piperazine rings is 1. The fourth-order valence-corrected chi connectivity index (χ4v) is 3.79. The van der Waals surface area contributed by atoms with E-state index in [4.69, 9.17) is 4.99 Å². The van der Waals surface area contributed by atoms with Gasteiger partial charge in [-0.1, -0.05) is 36.8 Å². The average Bonchev–Trinajstić information content (AvgIpc) is 2.81. The Kier molecular flexibility index (Phi) is 9.09. The summed E-state index contributed by atoms with van der Waals surface area (Å²) in [5.41, 5.74) is 2.65. The number of nitrogens with zero attached hydrogens (tertiary/aromatic N) is 5. The first-order chi connectivity index (χ1) is 15.2. The van der Waals surface area contributed by atoms with E-state index in [1.165, 1.54) is 11.1 Å². The van der Waals surface area contributed by atoms with Crippen LogP contribution < -0.4 is 15.5 Å². The molecule has 0 aliphatic carbocycles. The van der Waals surface area contributed by atoms with Gasteiger partial charge in [0.15, 0.2) is 5.96 Å². The molecule has 1 aliphatic rings. The zero-order valence-corrected chi connectivity index (χ0v) is 19.2. The molecular formula is C24H37N7. The molecule has 168 valence electrons. The largest absolute Gasteiger partial charge is 0.357 e. The van der Waals surface area contributed by atoms with Crippen LogP contribution in [-0.2, 0) is 0 Å². The third kappa shape index (κ3) is 7.51. The number of hydrogen-bond donors (Lipinski definition) is 2. The maximum atomic E-state index is 4.81. The Hall–Kier alpha value is -2.67. The molecule has 1 aliphatic heterocycles. The second-order valence-electron chi connectivity index (χ2n) is 8.19. The second-order valence-corrected chi connectivity index (χ2v) is 8.19. The number of hydrogen-bond acceptors (Lipinski definition) is 5. The molecule has 0 spiro atoms. The summed E-state index contributed by atoms with van der Waals surface area (Å²) in [6.07, 6.45) is 4.72. The van der Waals surface area contributed by atoms with E-state index in [0.717, 1.165) is 70.7 Å². The minimum atomic E-state index is 0.403. The Morgan fingerprint density at radius 2 is 1.87 bits per heavy atom.